The van der Waals surface area contributed by atoms with Gasteiger partial charge in [0.15, 0.2) is 0 Å². The van der Waals surface area contributed by atoms with Gasteiger partial charge in [0.05, 0.1) is 23.3 Å². The van der Waals surface area contributed by atoms with E-state index in [9.17, 15) is 9.59 Å². The molecule has 7 heteroatoms. The monoisotopic (exact) mass is 391 g/mol. The molecule has 0 atom stereocenters. The van der Waals surface area contributed by atoms with E-state index in [1.54, 1.807) is 0 Å². The summed E-state index contributed by atoms with van der Waals surface area (Å²) in [6.45, 7) is 8.48. The first-order valence-electron chi connectivity index (χ1n) is 9.78. The van der Waals surface area contributed by atoms with Gasteiger partial charge in [0.1, 0.15) is 0 Å². The standard InChI is InChI=1S/C22H25N5O2/c1-12(2)18-10-23-19-6-5-15(25-21(18)19)9-17-13(3)7-16(8-14(17)4)27-22(29)26-20(28)11-24-27/h5-8,10,12,23-24H,9,11H2,1-4H3,(H,26,28,29). The number of fused-ring (bicyclic) bond motifs is 1. The zero-order chi connectivity index (χ0) is 20.7. The van der Waals surface area contributed by atoms with E-state index in [0.29, 0.717) is 18.0 Å². The number of urea groups is 1. The Morgan fingerprint density at radius 2 is 1.86 bits per heavy atom. The zero-order valence-corrected chi connectivity index (χ0v) is 17.1. The molecule has 3 aromatic rings. The second-order valence-electron chi connectivity index (χ2n) is 7.86. The number of anilines is 1. The van der Waals surface area contributed by atoms with Gasteiger partial charge in [-0.3, -0.25) is 15.1 Å². The van der Waals surface area contributed by atoms with E-state index < -0.39 is 6.03 Å². The minimum Gasteiger partial charge on any atom is -0.360 e. The molecule has 0 bridgehead atoms. The predicted molar refractivity (Wildman–Crippen MR) is 113 cm³/mol. The number of hydrogen-bond acceptors (Lipinski definition) is 4. The summed E-state index contributed by atoms with van der Waals surface area (Å²) in [5.41, 5.74) is 11.2. The molecule has 1 fully saturated rings. The summed E-state index contributed by atoms with van der Waals surface area (Å²) in [4.78, 5) is 31.7. The van der Waals surface area contributed by atoms with E-state index in [2.05, 4.69) is 41.7 Å². The number of amides is 3. The summed E-state index contributed by atoms with van der Waals surface area (Å²) in [6.07, 6.45) is 2.76. The molecule has 0 aliphatic carbocycles. The quantitative estimate of drug-likeness (QED) is 0.635. The number of H-pyrrole nitrogens is 1. The molecule has 0 spiro atoms. The molecule has 2 aromatic heterocycles. The smallest absolute Gasteiger partial charge is 0.343 e. The third-order valence-electron chi connectivity index (χ3n) is 5.38. The normalized spacial score (nSPS) is 14.7. The lowest BCUT2D eigenvalue weighted by Gasteiger charge is -2.28. The topological polar surface area (TPSA) is 90.1 Å². The maximum Gasteiger partial charge on any atom is 0.343 e. The fraction of sp³-hybridized carbons (Fsp3) is 0.318. The Labute approximate surface area is 169 Å². The van der Waals surface area contributed by atoms with Crippen LogP contribution in [0.2, 0.25) is 0 Å². The third kappa shape index (κ3) is 3.61. The molecule has 0 radical (unpaired) electrons. The van der Waals surface area contributed by atoms with Crippen LogP contribution in [0.5, 0.6) is 0 Å². The Hall–Kier alpha value is -3.19. The van der Waals surface area contributed by atoms with E-state index in [0.717, 1.165) is 27.9 Å². The Bertz CT molecular complexity index is 1090. The van der Waals surface area contributed by atoms with Gasteiger partial charge in [-0.2, -0.15) is 0 Å². The van der Waals surface area contributed by atoms with E-state index in [1.807, 2.05) is 32.2 Å². The molecule has 1 aliphatic heterocycles. The summed E-state index contributed by atoms with van der Waals surface area (Å²) in [5, 5.41) is 3.70. The number of hydrogen-bond donors (Lipinski definition) is 3. The number of aryl methyl sites for hydroxylation is 2. The number of aromatic nitrogens is 2. The van der Waals surface area contributed by atoms with Crippen LogP contribution < -0.4 is 15.8 Å². The van der Waals surface area contributed by atoms with Gasteiger partial charge in [-0.1, -0.05) is 13.8 Å². The second kappa shape index (κ2) is 7.33. The summed E-state index contributed by atoms with van der Waals surface area (Å²) in [6, 6.07) is 7.59. The Balaban J connectivity index is 1.64. The van der Waals surface area contributed by atoms with Crippen molar-refractivity contribution in [3.05, 3.63) is 58.4 Å². The zero-order valence-electron chi connectivity index (χ0n) is 17.1. The molecule has 3 heterocycles. The van der Waals surface area contributed by atoms with Gasteiger partial charge >= 0.3 is 6.03 Å². The van der Waals surface area contributed by atoms with Crippen LogP contribution in [0, 0.1) is 13.8 Å². The minimum absolute atomic E-state index is 0.0738. The molecular formula is C22H25N5O2. The molecule has 29 heavy (non-hydrogen) atoms. The maximum atomic E-state index is 12.1. The molecule has 0 saturated carbocycles. The van der Waals surface area contributed by atoms with Crippen LogP contribution in [0.15, 0.2) is 30.5 Å². The lowest BCUT2D eigenvalue weighted by atomic mass is 9.97. The fourth-order valence-corrected chi connectivity index (χ4v) is 3.81. The molecule has 3 amide bonds. The van der Waals surface area contributed by atoms with Crippen LogP contribution >= 0.6 is 0 Å². The number of nitrogens with one attached hydrogen (secondary N) is 3. The van der Waals surface area contributed by atoms with Crippen molar-refractivity contribution >= 4 is 28.7 Å². The highest BCUT2D eigenvalue weighted by molar-refractivity contribution is 6.05. The highest BCUT2D eigenvalue weighted by atomic mass is 16.2. The Kier molecular flexibility index (Phi) is 4.84. The molecule has 4 rings (SSSR count). The van der Waals surface area contributed by atoms with Crippen LogP contribution in [0.25, 0.3) is 11.0 Å². The van der Waals surface area contributed by atoms with Gasteiger partial charge in [-0.25, -0.2) is 15.2 Å². The molecular weight excluding hydrogens is 366 g/mol. The van der Waals surface area contributed by atoms with Crippen molar-refractivity contribution in [2.24, 2.45) is 0 Å². The van der Waals surface area contributed by atoms with Crippen molar-refractivity contribution in [3.8, 4) is 0 Å². The first-order chi connectivity index (χ1) is 13.8. The molecule has 3 N–H and O–H groups in total. The molecule has 7 nitrogen and oxygen atoms in total. The van der Waals surface area contributed by atoms with Gasteiger partial charge in [-0.15, -0.1) is 0 Å². The average Bonchev–Trinajstić information content (AvgIpc) is 3.08. The van der Waals surface area contributed by atoms with Gasteiger partial charge < -0.3 is 4.98 Å². The maximum absolute atomic E-state index is 12.1. The third-order valence-corrected chi connectivity index (χ3v) is 5.38. The molecule has 1 saturated heterocycles. The number of benzene rings is 1. The number of pyridine rings is 1. The SMILES string of the molecule is Cc1cc(N2NCC(=O)NC2=O)cc(C)c1Cc1ccc2[nH]cc(C(C)C)c2n1. The van der Waals surface area contributed by atoms with Gasteiger partial charge in [0.2, 0.25) is 5.91 Å². The number of carbonyl (C=O) groups excluding carboxylic acids is 2. The number of carbonyl (C=O) groups is 2. The van der Waals surface area contributed by atoms with Crippen LogP contribution in [0.3, 0.4) is 0 Å². The minimum atomic E-state index is -0.464. The van der Waals surface area contributed by atoms with Crippen LogP contribution in [-0.2, 0) is 11.2 Å². The van der Waals surface area contributed by atoms with Crippen LogP contribution in [-0.4, -0.2) is 28.5 Å². The van der Waals surface area contributed by atoms with Crippen LogP contribution in [0.1, 0.15) is 47.7 Å². The Morgan fingerprint density at radius 3 is 2.52 bits per heavy atom. The van der Waals surface area contributed by atoms with Crippen molar-refractivity contribution in [2.45, 2.75) is 40.0 Å². The number of nitrogens with zero attached hydrogens (tertiary/aromatic N) is 2. The van der Waals surface area contributed by atoms with E-state index >= 15 is 0 Å². The average molecular weight is 391 g/mol. The van der Waals surface area contributed by atoms with Crippen LogP contribution in [0.4, 0.5) is 10.5 Å². The Morgan fingerprint density at radius 1 is 1.14 bits per heavy atom. The summed E-state index contributed by atoms with van der Waals surface area (Å²) >= 11 is 0. The summed E-state index contributed by atoms with van der Waals surface area (Å²) < 4.78 is 0. The lowest BCUT2D eigenvalue weighted by molar-refractivity contribution is -0.119. The van der Waals surface area contributed by atoms with E-state index in [-0.39, 0.29) is 12.5 Å². The van der Waals surface area contributed by atoms with Crippen molar-refractivity contribution in [1.82, 2.24) is 20.7 Å². The first-order valence-corrected chi connectivity index (χ1v) is 9.78. The van der Waals surface area contributed by atoms with Gasteiger partial charge in [0.25, 0.3) is 0 Å². The molecule has 0 unspecified atom stereocenters. The number of aromatic amines is 1. The van der Waals surface area contributed by atoms with Crippen molar-refractivity contribution in [1.29, 1.82) is 0 Å². The van der Waals surface area contributed by atoms with Crippen molar-refractivity contribution < 1.29 is 9.59 Å². The second-order valence-corrected chi connectivity index (χ2v) is 7.86. The molecule has 1 aromatic carbocycles. The summed E-state index contributed by atoms with van der Waals surface area (Å²) in [7, 11) is 0. The van der Waals surface area contributed by atoms with E-state index in [4.69, 9.17) is 4.98 Å². The molecule has 150 valence electrons. The van der Waals surface area contributed by atoms with E-state index in [1.165, 1.54) is 16.1 Å². The summed E-state index contributed by atoms with van der Waals surface area (Å²) in [5.74, 6) is 0.0765. The highest BCUT2D eigenvalue weighted by Gasteiger charge is 2.24. The number of hydrazine groups is 1. The largest absolute Gasteiger partial charge is 0.360 e. The van der Waals surface area contributed by atoms with Crippen molar-refractivity contribution in [2.75, 3.05) is 11.6 Å². The number of rotatable bonds is 4. The predicted octanol–water partition coefficient (Wildman–Crippen LogP) is 3.45. The highest BCUT2D eigenvalue weighted by Crippen LogP contribution is 2.27. The van der Waals surface area contributed by atoms with Gasteiger partial charge in [-0.05, 0) is 66.3 Å². The van der Waals surface area contributed by atoms with Crippen molar-refractivity contribution in [3.63, 3.8) is 0 Å². The molecule has 1 aliphatic rings. The first kappa shape index (κ1) is 19.1. The number of imide groups is 1. The fourth-order valence-electron chi connectivity index (χ4n) is 3.81. The van der Waals surface area contributed by atoms with Gasteiger partial charge in [0, 0.05) is 18.3 Å². The lowest BCUT2D eigenvalue weighted by Crippen LogP contribution is -2.59.